The summed E-state index contributed by atoms with van der Waals surface area (Å²) in [5.74, 6) is 0. The van der Waals surface area contributed by atoms with Gasteiger partial charge in [0.15, 0.2) is 0 Å². The van der Waals surface area contributed by atoms with Crippen molar-refractivity contribution >= 4 is 33.2 Å². The molecule has 0 aliphatic carbocycles. The minimum atomic E-state index is 0.735. The number of aromatic nitrogens is 2. The Balaban J connectivity index is 1.85. The number of fused-ring (bicyclic) bond motifs is 1. The smallest absolute Gasteiger partial charge is 0.124 e. The number of thiazole rings is 1. The number of halogens is 1. The van der Waals surface area contributed by atoms with Gasteiger partial charge in [-0.05, 0) is 25.1 Å². The van der Waals surface area contributed by atoms with Crippen molar-refractivity contribution in [1.82, 2.24) is 9.97 Å². The second-order valence-electron chi connectivity index (χ2n) is 5.33. The molecule has 0 aliphatic heterocycles. The number of pyridine rings is 1. The molecule has 4 rings (SSSR count). The van der Waals surface area contributed by atoms with E-state index in [0.717, 1.165) is 42.8 Å². The van der Waals surface area contributed by atoms with E-state index < -0.39 is 0 Å². The van der Waals surface area contributed by atoms with Gasteiger partial charge in [0.1, 0.15) is 5.01 Å². The topological polar surface area (TPSA) is 25.8 Å². The van der Waals surface area contributed by atoms with Crippen molar-refractivity contribution in [2.45, 2.75) is 6.92 Å². The summed E-state index contributed by atoms with van der Waals surface area (Å²) >= 11 is 7.63. The molecule has 0 aliphatic rings. The normalized spacial score (nSPS) is 11.0. The lowest BCUT2D eigenvalue weighted by Crippen LogP contribution is -1.87. The van der Waals surface area contributed by atoms with Gasteiger partial charge in [-0.1, -0.05) is 54.1 Å². The summed E-state index contributed by atoms with van der Waals surface area (Å²) in [5.41, 5.74) is 5.16. The molecule has 0 saturated carbocycles. The quantitative estimate of drug-likeness (QED) is 0.449. The van der Waals surface area contributed by atoms with Crippen LogP contribution in [0.5, 0.6) is 0 Å². The first-order valence-electron chi connectivity index (χ1n) is 7.30. The largest absolute Gasteiger partial charge is 0.251 e. The summed E-state index contributed by atoms with van der Waals surface area (Å²) in [6, 6.07) is 20.0. The van der Waals surface area contributed by atoms with Crippen LogP contribution in [-0.2, 0) is 0 Å². The summed E-state index contributed by atoms with van der Waals surface area (Å²) < 4.78 is 1.13. The lowest BCUT2D eigenvalue weighted by molar-refractivity contribution is 1.24. The molecule has 2 nitrogen and oxygen atoms in total. The molecule has 2 aromatic heterocycles. The molecule has 0 radical (unpaired) electrons. The second-order valence-corrected chi connectivity index (χ2v) is 6.77. The van der Waals surface area contributed by atoms with Crippen molar-refractivity contribution in [1.29, 1.82) is 0 Å². The molecule has 4 aromatic rings. The van der Waals surface area contributed by atoms with E-state index in [9.17, 15) is 0 Å². The van der Waals surface area contributed by atoms with Crippen molar-refractivity contribution in [3.8, 4) is 21.8 Å². The Kier molecular flexibility index (Phi) is 3.60. The molecule has 0 spiro atoms. The molecule has 0 fully saturated rings. The van der Waals surface area contributed by atoms with Crippen LogP contribution in [0.2, 0.25) is 5.02 Å². The Morgan fingerprint density at radius 1 is 0.870 bits per heavy atom. The summed E-state index contributed by atoms with van der Waals surface area (Å²) in [5, 5.41) is 1.73. The maximum Gasteiger partial charge on any atom is 0.124 e. The van der Waals surface area contributed by atoms with Gasteiger partial charge in [-0.15, -0.1) is 11.3 Å². The minimum Gasteiger partial charge on any atom is -0.251 e. The van der Waals surface area contributed by atoms with Crippen LogP contribution in [0.3, 0.4) is 0 Å². The van der Waals surface area contributed by atoms with Gasteiger partial charge in [-0.3, -0.25) is 4.98 Å². The van der Waals surface area contributed by atoms with E-state index in [4.69, 9.17) is 21.6 Å². The third-order valence-corrected chi connectivity index (χ3v) is 5.19. The van der Waals surface area contributed by atoms with Gasteiger partial charge < -0.3 is 0 Å². The number of hydrogen-bond acceptors (Lipinski definition) is 3. The highest BCUT2D eigenvalue weighted by Crippen LogP contribution is 2.34. The highest BCUT2D eigenvalue weighted by atomic mass is 35.5. The van der Waals surface area contributed by atoms with Gasteiger partial charge in [0.25, 0.3) is 0 Å². The van der Waals surface area contributed by atoms with E-state index in [-0.39, 0.29) is 0 Å². The van der Waals surface area contributed by atoms with E-state index >= 15 is 0 Å². The van der Waals surface area contributed by atoms with Gasteiger partial charge >= 0.3 is 0 Å². The summed E-state index contributed by atoms with van der Waals surface area (Å²) in [7, 11) is 0. The van der Waals surface area contributed by atoms with E-state index in [2.05, 4.69) is 18.2 Å². The van der Waals surface area contributed by atoms with Crippen LogP contribution >= 0.6 is 22.9 Å². The number of aryl methyl sites for hydroxylation is 1. The van der Waals surface area contributed by atoms with E-state index in [1.807, 2.05) is 49.4 Å². The van der Waals surface area contributed by atoms with E-state index in [1.165, 1.54) is 0 Å². The fraction of sp³-hybridized carbons (Fsp3) is 0.0526. The zero-order valence-corrected chi connectivity index (χ0v) is 14.0. The van der Waals surface area contributed by atoms with Crippen LogP contribution in [0, 0.1) is 6.92 Å². The van der Waals surface area contributed by atoms with Crippen molar-refractivity contribution < 1.29 is 0 Å². The highest BCUT2D eigenvalue weighted by Gasteiger charge is 2.11. The van der Waals surface area contributed by atoms with Gasteiger partial charge in [-0.2, -0.15) is 0 Å². The summed E-state index contributed by atoms with van der Waals surface area (Å²) in [6.07, 6.45) is 0. The Bertz CT molecular complexity index is 976. The summed E-state index contributed by atoms with van der Waals surface area (Å²) in [6.45, 7) is 2.04. The molecule has 0 amide bonds. The molecule has 0 saturated heterocycles. The molecule has 2 aromatic carbocycles. The molecule has 0 bridgehead atoms. The lowest BCUT2D eigenvalue weighted by Gasteiger charge is -2.02. The van der Waals surface area contributed by atoms with E-state index in [0.29, 0.717) is 0 Å². The van der Waals surface area contributed by atoms with Crippen LogP contribution in [-0.4, -0.2) is 9.97 Å². The highest BCUT2D eigenvalue weighted by molar-refractivity contribution is 7.21. The minimum absolute atomic E-state index is 0.735. The Morgan fingerprint density at radius 2 is 1.61 bits per heavy atom. The Morgan fingerprint density at radius 3 is 2.35 bits per heavy atom. The number of nitrogens with zero attached hydrogens (tertiary/aromatic N) is 2. The molecule has 0 unspecified atom stereocenters. The van der Waals surface area contributed by atoms with E-state index in [1.54, 1.807) is 11.3 Å². The van der Waals surface area contributed by atoms with Crippen molar-refractivity contribution in [3.05, 3.63) is 71.4 Å². The number of benzene rings is 2. The monoisotopic (exact) mass is 336 g/mol. The molecule has 2 heterocycles. The van der Waals surface area contributed by atoms with Crippen LogP contribution < -0.4 is 0 Å². The zero-order chi connectivity index (χ0) is 15.8. The molecule has 23 heavy (non-hydrogen) atoms. The maximum atomic E-state index is 5.96. The number of hydrogen-bond donors (Lipinski definition) is 0. The molecular weight excluding hydrogens is 324 g/mol. The zero-order valence-electron chi connectivity index (χ0n) is 12.5. The van der Waals surface area contributed by atoms with Gasteiger partial charge in [0.2, 0.25) is 0 Å². The fourth-order valence-corrected chi connectivity index (χ4v) is 3.67. The van der Waals surface area contributed by atoms with Crippen LogP contribution in [0.4, 0.5) is 0 Å². The van der Waals surface area contributed by atoms with Crippen LogP contribution in [0.1, 0.15) is 5.69 Å². The van der Waals surface area contributed by atoms with Crippen molar-refractivity contribution in [3.63, 3.8) is 0 Å². The molecule has 0 atom stereocenters. The van der Waals surface area contributed by atoms with Gasteiger partial charge in [0.05, 0.1) is 21.6 Å². The average molecular weight is 337 g/mol. The van der Waals surface area contributed by atoms with Gasteiger partial charge in [0, 0.05) is 16.1 Å². The number of rotatable bonds is 2. The molecule has 0 N–H and O–H groups in total. The molecule has 112 valence electrons. The van der Waals surface area contributed by atoms with Crippen molar-refractivity contribution in [2.75, 3.05) is 0 Å². The molecule has 4 heteroatoms. The second kappa shape index (κ2) is 5.76. The lowest BCUT2D eigenvalue weighted by atomic mass is 10.1. The van der Waals surface area contributed by atoms with Gasteiger partial charge in [-0.25, -0.2) is 4.98 Å². The first-order valence-corrected chi connectivity index (χ1v) is 8.50. The Labute approximate surface area is 143 Å². The standard InChI is InChI=1S/C19H13ClN2S/c1-12-18-17(11-16(21-12)13-5-3-2-4-6-13)22-19(23-18)14-7-9-15(20)10-8-14/h2-11H,1H3. The molecular formula is C19H13ClN2S. The van der Waals surface area contributed by atoms with Crippen LogP contribution in [0.15, 0.2) is 60.7 Å². The Hall–Kier alpha value is -2.23. The van der Waals surface area contributed by atoms with Crippen LogP contribution in [0.25, 0.3) is 32.0 Å². The van der Waals surface area contributed by atoms with Crippen molar-refractivity contribution in [2.24, 2.45) is 0 Å². The third-order valence-electron chi connectivity index (χ3n) is 3.70. The summed E-state index contributed by atoms with van der Waals surface area (Å²) in [4.78, 5) is 9.54. The fourth-order valence-electron chi connectivity index (χ4n) is 2.55. The predicted octanol–water partition coefficient (Wildman–Crippen LogP) is 5.99. The first kappa shape index (κ1) is 14.4. The maximum absolute atomic E-state index is 5.96. The third kappa shape index (κ3) is 2.74. The average Bonchev–Trinajstić information content (AvgIpc) is 3.01. The predicted molar refractivity (Wildman–Crippen MR) is 98.0 cm³/mol. The SMILES string of the molecule is Cc1nc(-c2ccccc2)cc2nc(-c3ccc(Cl)cc3)sc12. The first-order chi connectivity index (χ1) is 11.2.